The van der Waals surface area contributed by atoms with Crippen molar-refractivity contribution < 1.29 is 14.3 Å². The predicted molar refractivity (Wildman–Crippen MR) is 102 cm³/mol. The van der Waals surface area contributed by atoms with E-state index in [1.54, 1.807) is 20.8 Å². The van der Waals surface area contributed by atoms with E-state index in [9.17, 15) is 9.59 Å². The molecule has 2 unspecified atom stereocenters. The van der Waals surface area contributed by atoms with Crippen LogP contribution in [0.5, 0.6) is 0 Å². The molecule has 2 rings (SSSR count). The highest BCUT2D eigenvalue weighted by Gasteiger charge is 2.26. The Morgan fingerprint density at radius 1 is 1.15 bits per heavy atom. The van der Waals surface area contributed by atoms with Crippen LogP contribution in [0.3, 0.4) is 0 Å². The average molecular weight is 361 g/mol. The summed E-state index contributed by atoms with van der Waals surface area (Å²) in [6.45, 7) is 10.2. The molecule has 1 heterocycles. The minimum Gasteiger partial charge on any atom is -0.444 e. The minimum absolute atomic E-state index is 0.229. The third-order valence-electron chi connectivity index (χ3n) is 4.39. The molecule has 1 aliphatic heterocycles. The molecule has 2 atom stereocenters. The second kappa shape index (κ2) is 9.03. The lowest BCUT2D eigenvalue weighted by Crippen LogP contribution is -2.46. The largest absolute Gasteiger partial charge is 0.444 e. The fraction of sp³-hybridized carbons (Fsp3) is 0.600. The van der Waals surface area contributed by atoms with Gasteiger partial charge in [-0.1, -0.05) is 30.3 Å². The molecule has 26 heavy (non-hydrogen) atoms. The van der Waals surface area contributed by atoms with Gasteiger partial charge in [0.15, 0.2) is 0 Å². The third kappa shape index (κ3) is 6.33. The van der Waals surface area contributed by atoms with E-state index in [4.69, 9.17) is 4.74 Å². The molecule has 1 aromatic rings. The van der Waals surface area contributed by atoms with Crippen molar-refractivity contribution in [1.29, 1.82) is 0 Å². The van der Waals surface area contributed by atoms with Crippen molar-refractivity contribution in [3.63, 3.8) is 0 Å². The van der Waals surface area contributed by atoms with Crippen molar-refractivity contribution in [2.24, 2.45) is 0 Å². The maximum Gasteiger partial charge on any atom is 0.408 e. The molecule has 0 saturated carbocycles. The summed E-state index contributed by atoms with van der Waals surface area (Å²) in [6, 6.07) is 8.72. The summed E-state index contributed by atoms with van der Waals surface area (Å²) in [5.74, 6) is -0.229. The lowest BCUT2D eigenvalue weighted by atomic mass is 10.1. The number of hydrogen-bond donors (Lipinski definition) is 2. The Kier molecular flexibility index (Phi) is 7.03. The van der Waals surface area contributed by atoms with E-state index in [0.717, 1.165) is 18.7 Å². The first kappa shape index (κ1) is 20.2. The first-order valence-corrected chi connectivity index (χ1v) is 9.32. The quantitative estimate of drug-likeness (QED) is 0.817. The highest BCUT2D eigenvalue weighted by atomic mass is 16.6. The fourth-order valence-corrected chi connectivity index (χ4v) is 3.03. The molecule has 1 aliphatic rings. The van der Waals surface area contributed by atoms with Gasteiger partial charge in [0.1, 0.15) is 11.6 Å². The minimum atomic E-state index is -0.781. The number of likely N-dealkylation sites (tertiary alicyclic amines) is 1. The number of ether oxygens (including phenoxy) is 1. The van der Waals surface area contributed by atoms with Crippen LogP contribution in [0.15, 0.2) is 30.3 Å². The molecule has 1 fully saturated rings. The molecule has 144 valence electrons. The van der Waals surface area contributed by atoms with Gasteiger partial charge in [-0.05, 0) is 59.2 Å². The molecule has 2 amide bonds. The summed E-state index contributed by atoms with van der Waals surface area (Å²) >= 11 is 0. The van der Waals surface area contributed by atoms with E-state index in [2.05, 4.69) is 22.5 Å². The predicted octanol–water partition coefficient (Wildman–Crippen LogP) is 2.85. The van der Waals surface area contributed by atoms with Gasteiger partial charge in [0, 0.05) is 12.6 Å². The standard InChI is InChI=1S/C20H31N3O3/c1-15(23-12-8-9-13-23)14-21-18(24)17(16-10-6-5-7-11-16)22-19(25)26-20(2,3)4/h5-7,10-11,15,17H,8-9,12-14H2,1-4H3,(H,21,24)(H,22,25). The van der Waals surface area contributed by atoms with Crippen molar-refractivity contribution in [2.45, 2.75) is 58.2 Å². The Morgan fingerprint density at radius 3 is 2.35 bits per heavy atom. The molecule has 0 radical (unpaired) electrons. The molecule has 6 heteroatoms. The van der Waals surface area contributed by atoms with Crippen LogP contribution in [-0.4, -0.2) is 48.2 Å². The van der Waals surface area contributed by atoms with E-state index >= 15 is 0 Å². The monoisotopic (exact) mass is 361 g/mol. The van der Waals surface area contributed by atoms with Crippen LogP contribution in [0, 0.1) is 0 Å². The Labute approximate surface area is 156 Å². The smallest absolute Gasteiger partial charge is 0.408 e. The molecule has 6 nitrogen and oxygen atoms in total. The zero-order valence-corrected chi connectivity index (χ0v) is 16.2. The lowest BCUT2D eigenvalue weighted by molar-refractivity contribution is -0.123. The van der Waals surface area contributed by atoms with E-state index in [1.807, 2.05) is 30.3 Å². The van der Waals surface area contributed by atoms with Crippen LogP contribution in [0.1, 0.15) is 52.1 Å². The lowest BCUT2D eigenvalue weighted by Gasteiger charge is -2.26. The molecule has 0 bridgehead atoms. The summed E-state index contributed by atoms with van der Waals surface area (Å²) in [5, 5.41) is 5.67. The van der Waals surface area contributed by atoms with Crippen LogP contribution in [-0.2, 0) is 9.53 Å². The van der Waals surface area contributed by atoms with Crippen molar-refractivity contribution in [3.05, 3.63) is 35.9 Å². The van der Waals surface area contributed by atoms with Gasteiger partial charge >= 0.3 is 6.09 Å². The number of nitrogens with one attached hydrogen (secondary N) is 2. The number of benzene rings is 1. The summed E-state index contributed by atoms with van der Waals surface area (Å²) in [5.41, 5.74) is 0.108. The fourth-order valence-electron chi connectivity index (χ4n) is 3.03. The molecular weight excluding hydrogens is 330 g/mol. The zero-order chi connectivity index (χ0) is 19.2. The number of hydrogen-bond acceptors (Lipinski definition) is 4. The Bertz CT molecular complexity index is 592. The van der Waals surface area contributed by atoms with Crippen LogP contribution in [0.4, 0.5) is 4.79 Å². The second-order valence-electron chi connectivity index (χ2n) is 7.83. The normalized spacial score (nSPS) is 17.4. The van der Waals surface area contributed by atoms with Crippen LogP contribution in [0.25, 0.3) is 0 Å². The Balaban J connectivity index is 2.00. The van der Waals surface area contributed by atoms with Crippen molar-refractivity contribution in [1.82, 2.24) is 15.5 Å². The SMILES string of the molecule is CC(CNC(=O)C(NC(=O)OC(C)(C)C)c1ccccc1)N1CCCC1. The summed E-state index contributed by atoms with van der Waals surface area (Å²) in [7, 11) is 0. The van der Waals surface area contributed by atoms with Gasteiger partial charge in [0.05, 0.1) is 0 Å². The van der Waals surface area contributed by atoms with Crippen LogP contribution < -0.4 is 10.6 Å². The van der Waals surface area contributed by atoms with Crippen LogP contribution in [0.2, 0.25) is 0 Å². The topological polar surface area (TPSA) is 70.7 Å². The maximum atomic E-state index is 12.8. The van der Waals surface area contributed by atoms with Crippen molar-refractivity contribution in [3.8, 4) is 0 Å². The molecule has 1 aromatic carbocycles. The average Bonchev–Trinajstić information content (AvgIpc) is 3.11. The number of rotatable bonds is 6. The van der Waals surface area contributed by atoms with Gasteiger partial charge in [-0.2, -0.15) is 0 Å². The number of nitrogens with zero attached hydrogens (tertiary/aromatic N) is 1. The molecule has 0 spiro atoms. The highest BCUT2D eigenvalue weighted by molar-refractivity contribution is 5.86. The summed E-state index contributed by atoms with van der Waals surface area (Å²) in [4.78, 5) is 27.3. The Morgan fingerprint density at radius 2 is 1.77 bits per heavy atom. The van der Waals surface area contributed by atoms with E-state index < -0.39 is 17.7 Å². The van der Waals surface area contributed by atoms with Crippen LogP contribution >= 0.6 is 0 Å². The summed E-state index contributed by atoms with van der Waals surface area (Å²) in [6.07, 6.45) is 1.82. The van der Waals surface area contributed by atoms with Gasteiger partial charge < -0.3 is 15.4 Å². The summed E-state index contributed by atoms with van der Waals surface area (Å²) < 4.78 is 5.31. The number of carbonyl (C=O) groups excluding carboxylic acids is 2. The first-order valence-electron chi connectivity index (χ1n) is 9.32. The van der Waals surface area contributed by atoms with E-state index in [0.29, 0.717) is 6.54 Å². The second-order valence-corrected chi connectivity index (χ2v) is 7.83. The first-order chi connectivity index (χ1) is 12.3. The molecule has 2 N–H and O–H groups in total. The van der Waals surface area contributed by atoms with Crippen molar-refractivity contribution in [2.75, 3.05) is 19.6 Å². The van der Waals surface area contributed by atoms with E-state index in [-0.39, 0.29) is 11.9 Å². The molecular formula is C20H31N3O3. The maximum absolute atomic E-state index is 12.8. The number of amides is 2. The van der Waals surface area contributed by atoms with Gasteiger partial charge in [-0.25, -0.2) is 4.79 Å². The van der Waals surface area contributed by atoms with Gasteiger partial charge in [-0.3, -0.25) is 9.69 Å². The van der Waals surface area contributed by atoms with Gasteiger partial charge in [0.2, 0.25) is 5.91 Å². The van der Waals surface area contributed by atoms with E-state index in [1.165, 1.54) is 12.8 Å². The zero-order valence-electron chi connectivity index (χ0n) is 16.2. The molecule has 0 aromatic heterocycles. The number of alkyl carbamates (subject to hydrolysis) is 1. The highest BCUT2D eigenvalue weighted by Crippen LogP contribution is 2.16. The Hall–Kier alpha value is -2.08. The van der Waals surface area contributed by atoms with Crippen molar-refractivity contribution >= 4 is 12.0 Å². The third-order valence-corrected chi connectivity index (χ3v) is 4.39. The van der Waals surface area contributed by atoms with Gasteiger partial charge in [0.25, 0.3) is 0 Å². The van der Waals surface area contributed by atoms with Gasteiger partial charge in [-0.15, -0.1) is 0 Å². The molecule has 0 aliphatic carbocycles. The molecule has 1 saturated heterocycles. The number of carbonyl (C=O) groups is 2.